The number of piperidine rings is 1. The first kappa shape index (κ1) is 15.0. The van der Waals surface area contributed by atoms with E-state index in [1.165, 1.54) is 32.1 Å². The minimum Gasteiger partial charge on any atom is -0.335 e. The first-order chi connectivity index (χ1) is 11.3. The molecular weight excluding hydrogens is 290 g/mol. The smallest absolute Gasteiger partial charge is 0.317 e. The first-order valence-corrected chi connectivity index (χ1v) is 9.27. The van der Waals surface area contributed by atoms with E-state index in [4.69, 9.17) is 4.98 Å². The lowest BCUT2D eigenvalue weighted by atomic mass is 9.89. The number of hydrogen-bond donors (Lipinski definition) is 2. The van der Waals surface area contributed by atoms with Gasteiger partial charge < -0.3 is 10.2 Å². The van der Waals surface area contributed by atoms with Crippen LogP contribution in [0.15, 0.2) is 0 Å². The number of H-pyrrole nitrogens is 1. The molecular formula is C17H27N5O. The number of hydrogen-bond acceptors (Lipinski definition) is 3. The number of carbonyl (C=O) groups excluding carboxylic acids is 1. The monoisotopic (exact) mass is 317 g/mol. The third kappa shape index (κ3) is 3.51. The van der Waals surface area contributed by atoms with Crippen molar-refractivity contribution in [2.24, 2.45) is 0 Å². The Balaban J connectivity index is 1.38. The lowest BCUT2D eigenvalue weighted by Crippen LogP contribution is -2.45. The number of aromatic amines is 1. The summed E-state index contributed by atoms with van der Waals surface area (Å²) < 4.78 is 0. The molecule has 1 aromatic rings. The largest absolute Gasteiger partial charge is 0.335 e. The van der Waals surface area contributed by atoms with E-state index in [-0.39, 0.29) is 11.9 Å². The summed E-state index contributed by atoms with van der Waals surface area (Å²) in [6.45, 7) is 1.61. The fraction of sp³-hybridized carbons (Fsp3) is 0.824. The highest BCUT2D eigenvalue weighted by molar-refractivity contribution is 5.75. The van der Waals surface area contributed by atoms with Crippen LogP contribution in [-0.4, -0.2) is 45.2 Å². The van der Waals surface area contributed by atoms with Crippen molar-refractivity contribution in [1.82, 2.24) is 25.4 Å². The molecule has 0 bridgehead atoms. The predicted octanol–water partition coefficient (Wildman–Crippen LogP) is 2.90. The van der Waals surface area contributed by atoms with Gasteiger partial charge in [-0.3, -0.25) is 5.10 Å². The zero-order chi connectivity index (χ0) is 15.6. The Morgan fingerprint density at radius 2 is 1.83 bits per heavy atom. The Kier molecular flexibility index (Phi) is 4.23. The second-order valence-corrected chi connectivity index (χ2v) is 7.42. The van der Waals surface area contributed by atoms with Crippen LogP contribution in [0.25, 0.3) is 0 Å². The van der Waals surface area contributed by atoms with Crippen molar-refractivity contribution in [1.29, 1.82) is 0 Å². The summed E-state index contributed by atoms with van der Waals surface area (Å²) in [6, 6.07) is 0.518. The minimum atomic E-state index is 0.0974. The molecule has 2 amide bonds. The van der Waals surface area contributed by atoms with Crippen LogP contribution in [0.5, 0.6) is 0 Å². The zero-order valence-corrected chi connectivity index (χ0v) is 13.8. The summed E-state index contributed by atoms with van der Waals surface area (Å²) in [4.78, 5) is 19.0. The van der Waals surface area contributed by atoms with Crippen molar-refractivity contribution in [3.8, 4) is 0 Å². The number of nitrogens with one attached hydrogen (secondary N) is 2. The highest BCUT2D eigenvalue weighted by Gasteiger charge is 2.31. The molecule has 0 radical (unpaired) electrons. The first-order valence-electron chi connectivity index (χ1n) is 9.27. The topological polar surface area (TPSA) is 73.9 Å². The SMILES string of the molecule is O=C(NC1CC1)N1CCCC(c2n[nH]c(C3CCCCC3)n2)C1. The molecule has 1 atom stereocenters. The van der Waals surface area contributed by atoms with Gasteiger partial charge in [0.15, 0.2) is 5.82 Å². The van der Waals surface area contributed by atoms with E-state index in [9.17, 15) is 4.79 Å². The Morgan fingerprint density at radius 1 is 1.04 bits per heavy atom. The number of likely N-dealkylation sites (tertiary alicyclic amines) is 1. The lowest BCUT2D eigenvalue weighted by Gasteiger charge is -2.31. The highest BCUT2D eigenvalue weighted by atomic mass is 16.2. The van der Waals surface area contributed by atoms with Gasteiger partial charge >= 0.3 is 6.03 Å². The van der Waals surface area contributed by atoms with E-state index in [0.29, 0.717) is 12.0 Å². The van der Waals surface area contributed by atoms with Gasteiger partial charge in [0.2, 0.25) is 0 Å². The molecule has 126 valence electrons. The quantitative estimate of drug-likeness (QED) is 0.900. The van der Waals surface area contributed by atoms with E-state index in [1.807, 2.05) is 4.90 Å². The number of amides is 2. The molecule has 4 rings (SSSR count). The summed E-state index contributed by atoms with van der Waals surface area (Å²) >= 11 is 0. The molecule has 6 nitrogen and oxygen atoms in total. The van der Waals surface area contributed by atoms with Gasteiger partial charge in [0.25, 0.3) is 0 Å². The molecule has 2 heterocycles. The summed E-state index contributed by atoms with van der Waals surface area (Å²) in [5.41, 5.74) is 0. The molecule has 2 aliphatic carbocycles. The molecule has 1 aromatic heterocycles. The van der Waals surface area contributed by atoms with Gasteiger partial charge in [-0.2, -0.15) is 5.10 Å². The zero-order valence-electron chi connectivity index (χ0n) is 13.8. The standard InChI is InChI=1S/C17H27N5O/c23-17(18-14-8-9-14)22-10-4-7-13(11-22)16-19-15(20-21-16)12-5-2-1-3-6-12/h12-14H,1-11H2,(H,18,23)(H,19,20,21). The van der Waals surface area contributed by atoms with Crippen LogP contribution in [0.4, 0.5) is 4.79 Å². The molecule has 0 spiro atoms. The molecule has 2 saturated carbocycles. The summed E-state index contributed by atoms with van der Waals surface area (Å²) in [7, 11) is 0. The fourth-order valence-electron chi connectivity index (χ4n) is 3.90. The number of urea groups is 1. The van der Waals surface area contributed by atoms with Crippen molar-refractivity contribution in [2.45, 2.75) is 75.7 Å². The van der Waals surface area contributed by atoms with E-state index < -0.39 is 0 Å². The van der Waals surface area contributed by atoms with E-state index in [0.717, 1.165) is 50.4 Å². The minimum absolute atomic E-state index is 0.0974. The molecule has 1 unspecified atom stereocenters. The van der Waals surface area contributed by atoms with Gasteiger partial charge in [-0.1, -0.05) is 19.3 Å². The normalized spacial score (nSPS) is 26.3. The molecule has 0 aromatic carbocycles. The number of nitrogens with zero attached hydrogens (tertiary/aromatic N) is 3. The van der Waals surface area contributed by atoms with Crippen molar-refractivity contribution >= 4 is 6.03 Å². The maximum Gasteiger partial charge on any atom is 0.317 e. The van der Waals surface area contributed by atoms with Crippen LogP contribution >= 0.6 is 0 Å². The molecule has 6 heteroatoms. The molecule has 3 aliphatic rings. The van der Waals surface area contributed by atoms with Crippen LogP contribution in [-0.2, 0) is 0 Å². The van der Waals surface area contributed by atoms with Gasteiger partial charge in [-0.15, -0.1) is 0 Å². The third-order valence-electron chi connectivity index (χ3n) is 5.49. The summed E-state index contributed by atoms with van der Waals surface area (Å²) in [5.74, 6) is 2.82. The second-order valence-electron chi connectivity index (χ2n) is 7.42. The van der Waals surface area contributed by atoms with Gasteiger partial charge in [0.1, 0.15) is 5.82 Å². The fourth-order valence-corrected chi connectivity index (χ4v) is 3.90. The molecule has 1 saturated heterocycles. The van der Waals surface area contributed by atoms with Crippen molar-refractivity contribution in [3.05, 3.63) is 11.6 Å². The lowest BCUT2D eigenvalue weighted by molar-refractivity contribution is 0.178. The van der Waals surface area contributed by atoms with Gasteiger partial charge in [-0.05, 0) is 38.5 Å². The Labute approximate surface area is 137 Å². The van der Waals surface area contributed by atoms with Crippen LogP contribution in [0, 0.1) is 0 Å². The van der Waals surface area contributed by atoms with Crippen molar-refractivity contribution in [3.63, 3.8) is 0 Å². The van der Waals surface area contributed by atoms with Crippen LogP contribution < -0.4 is 5.32 Å². The molecule has 2 N–H and O–H groups in total. The Morgan fingerprint density at radius 3 is 2.61 bits per heavy atom. The molecule has 3 fully saturated rings. The molecule has 1 aliphatic heterocycles. The number of aromatic nitrogens is 3. The maximum atomic E-state index is 12.2. The third-order valence-corrected chi connectivity index (χ3v) is 5.49. The van der Waals surface area contributed by atoms with Crippen LogP contribution in [0.3, 0.4) is 0 Å². The molecule has 23 heavy (non-hydrogen) atoms. The number of carbonyl (C=O) groups is 1. The van der Waals surface area contributed by atoms with E-state index >= 15 is 0 Å². The maximum absolute atomic E-state index is 12.2. The highest BCUT2D eigenvalue weighted by Crippen LogP contribution is 2.32. The van der Waals surface area contributed by atoms with Crippen molar-refractivity contribution in [2.75, 3.05) is 13.1 Å². The Bertz CT molecular complexity index is 547. The van der Waals surface area contributed by atoms with Gasteiger partial charge in [-0.25, -0.2) is 9.78 Å². The predicted molar refractivity (Wildman–Crippen MR) is 87.3 cm³/mol. The average Bonchev–Trinajstić information content (AvgIpc) is 3.27. The summed E-state index contributed by atoms with van der Waals surface area (Å²) in [5, 5.41) is 10.8. The average molecular weight is 317 g/mol. The van der Waals surface area contributed by atoms with E-state index in [2.05, 4.69) is 15.5 Å². The summed E-state index contributed by atoms with van der Waals surface area (Å²) in [6.07, 6.45) is 10.8. The van der Waals surface area contributed by atoms with Gasteiger partial charge in [0, 0.05) is 31.0 Å². The van der Waals surface area contributed by atoms with Crippen molar-refractivity contribution < 1.29 is 4.79 Å². The van der Waals surface area contributed by atoms with Gasteiger partial charge in [0.05, 0.1) is 0 Å². The Hall–Kier alpha value is -1.59. The van der Waals surface area contributed by atoms with Crippen LogP contribution in [0.2, 0.25) is 0 Å². The second kappa shape index (κ2) is 6.49. The number of rotatable bonds is 3. The van der Waals surface area contributed by atoms with Crippen LogP contribution in [0.1, 0.15) is 81.3 Å². The van der Waals surface area contributed by atoms with E-state index in [1.54, 1.807) is 0 Å².